The van der Waals surface area contributed by atoms with E-state index in [0.29, 0.717) is 21.3 Å². The molecule has 1 aromatic carbocycles. The highest BCUT2D eigenvalue weighted by atomic mass is 32.1. The van der Waals surface area contributed by atoms with E-state index in [1.54, 1.807) is 17.5 Å². The Balaban J connectivity index is 2.30. The van der Waals surface area contributed by atoms with Gasteiger partial charge in [-0.1, -0.05) is 12.1 Å². The zero-order valence-electron chi connectivity index (χ0n) is 10.8. The first-order valence-corrected chi connectivity index (χ1v) is 7.11. The lowest BCUT2D eigenvalue weighted by molar-refractivity contribution is 0.272. The number of nitrogens with one attached hydrogen (secondary N) is 1. The third kappa shape index (κ3) is 2.30. The van der Waals surface area contributed by atoms with E-state index in [9.17, 15) is 14.0 Å². The van der Waals surface area contributed by atoms with Crippen molar-refractivity contribution >= 4 is 21.6 Å². The van der Waals surface area contributed by atoms with Gasteiger partial charge in [0, 0.05) is 10.9 Å². The number of hydrogen-bond acceptors (Lipinski definition) is 4. The van der Waals surface area contributed by atoms with Crippen LogP contribution in [-0.4, -0.2) is 21.3 Å². The van der Waals surface area contributed by atoms with Crippen molar-refractivity contribution in [2.24, 2.45) is 0 Å². The molecule has 2 aromatic heterocycles. The van der Waals surface area contributed by atoms with E-state index in [-0.39, 0.29) is 19.0 Å². The van der Waals surface area contributed by atoms with Crippen LogP contribution >= 0.6 is 11.3 Å². The van der Waals surface area contributed by atoms with Gasteiger partial charge >= 0.3 is 5.69 Å². The predicted octanol–water partition coefficient (Wildman–Crippen LogP) is 1.55. The average Bonchev–Trinajstić information content (AvgIpc) is 2.88. The van der Waals surface area contributed by atoms with Crippen LogP contribution in [0.25, 0.3) is 21.3 Å². The minimum Gasteiger partial charge on any atom is -0.395 e. The van der Waals surface area contributed by atoms with Crippen LogP contribution in [0.1, 0.15) is 0 Å². The third-order valence-corrected chi connectivity index (χ3v) is 4.09. The predicted molar refractivity (Wildman–Crippen MR) is 79.2 cm³/mol. The molecule has 0 bridgehead atoms. The van der Waals surface area contributed by atoms with Gasteiger partial charge in [-0.3, -0.25) is 14.3 Å². The van der Waals surface area contributed by atoms with Crippen molar-refractivity contribution in [3.8, 4) is 11.1 Å². The number of aromatic nitrogens is 2. The molecule has 3 aromatic rings. The summed E-state index contributed by atoms with van der Waals surface area (Å²) in [6, 6.07) is 5.79. The highest BCUT2D eigenvalue weighted by molar-refractivity contribution is 7.17. The van der Waals surface area contributed by atoms with Gasteiger partial charge in [-0.05, 0) is 17.7 Å². The van der Waals surface area contributed by atoms with Crippen LogP contribution in [0, 0.1) is 5.82 Å². The van der Waals surface area contributed by atoms with Gasteiger partial charge in [0.1, 0.15) is 10.6 Å². The first-order chi connectivity index (χ1) is 10.1. The molecule has 2 N–H and O–H groups in total. The second-order valence-corrected chi connectivity index (χ2v) is 5.35. The van der Waals surface area contributed by atoms with Crippen LogP contribution in [0.4, 0.5) is 4.39 Å². The lowest BCUT2D eigenvalue weighted by atomic mass is 10.1. The number of hydrogen-bond donors (Lipinski definition) is 2. The standard InChI is InChI=1S/C14H11FN2O3S/c15-9-3-1-8(2-4-9)10-7-21-12-11(10)13(19)17(5-6-18)14(20)16-12/h1-4,7,18H,5-6H2,(H,16,20). The zero-order chi connectivity index (χ0) is 15.0. The first-order valence-electron chi connectivity index (χ1n) is 6.23. The summed E-state index contributed by atoms with van der Waals surface area (Å²) in [6.07, 6.45) is 0. The third-order valence-electron chi connectivity index (χ3n) is 3.19. The number of aliphatic hydroxyl groups excluding tert-OH is 1. The van der Waals surface area contributed by atoms with Crippen LogP contribution in [0.15, 0.2) is 39.2 Å². The summed E-state index contributed by atoms with van der Waals surface area (Å²) in [5.41, 5.74) is 0.336. The lowest BCUT2D eigenvalue weighted by Crippen LogP contribution is -2.35. The number of benzene rings is 1. The molecule has 21 heavy (non-hydrogen) atoms. The van der Waals surface area contributed by atoms with Crippen molar-refractivity contribution in [2.45, 2.75) is 6.54 Å². The quantitative estimate of drug-likeness (QED) is 0.771. The summed E-state index contributed by atoms with van der Waals surface area (Å²) in [4.78, 5) is 27.3. The Morgan fingerprint density at radius 1 is 1.24 bits per heavy atom. The maximum absolute atomic E-state index is 13.0. The second kappa shape index (κ2) is 5.27. The summed E-state index contributed by atoms with van der Waals surface area (Å²) in [6.45, 7) is -0.368. The molecule has 0 aliphatic rings. The van der Waals surface area contributed by atoms with Crippen LogP contribution in [-0.2, 0) is 6.54 Å². The fraction of sp³-hybridized carbons (Fsp3) is 0.143. The van der Waals surface area contributed by atoms with Gasteiger partial charge in [-0.25, -0.2) is 9.18 Å². The van der Waals surface area contributed by atoms with E-state index in [1.165, 1.54) is 23.5 Å². The number of halogens is 1. The molecule has 5 nitrogen and oxygen atoms in total. The smallest absolute Gasteiger partial charge is 0.329 e. The number of rotatable bonds is 3. The molecule has 3 rings (SSSR count). The maximum Gasteiger partial charge on any atom is 0.329 e. The minimum absolute atomic E-state index is 0.0667. The average molecular weight is 306 g/mol. The molecule has 0 saturated carbocycles. The monoisotopic (exact) mass is 306 g/mol. The summed E-state index contributed by atoms with van der Waals surface area (Å²) < 4.78 is 14.0. The van der Waals surface area contributed by atoms with E-state index in [4.69, 9.17) is 5.11 Å². The van der Waals surface area contributed by atoms with E-state index >= 15 is 0 Å². The maximum atomic E-state index is 13.0. The number of fused-ring (bicyclic) bond motifs is 1. The van der Waals surface area contributed by atoms with Gasteiger partial charge in [0.15, 0.2) is 0 Å². The highest BCUT2D eigenvalue weighted by Crippen LogP contribution is 2.30. The van der Waals surface area contributed by atoms with Crippen LogP contribution < -0.4 is 11.2 Å². The Hall–Kier alpha value is -2.25. The minimum atomic E-state index is -0.547. The van der Waals surface area contributed by atoms with Gasteiger partial charge in [-0.15, -0.1) is 11.3 Å². The molecule has 0 saturated heterocycles. The highest BCUT2D eigenvalue weighted by Gasteiger charge is 2.14. The lowest BCUT2D eigenvalue weighted by Gasteiger charge is -2.04. The molecule has 0 spiro atoms. The van der Waals surface area contributed by atoms with E-state index in [2.05, 4.69) is 4.98 Å². The molecule has 0 fully saturated rings. The van der Waals surface area contributed by atoms with E-state index < -0.39 is 11.2 Å². The van der Waals surface area contributed by atoms with Crippen molar-refractivity contribution < 1.29 is 9.50 Å². The molecule has 108 valence electrons. The van der Waals surface area contributed by atoms with Crippen LogP contribution in [0.5, 0.6) is 0 Å². The largest absolute Gasteiger partial charge is 0.395 e. The Labute approximate surface area is 121 Å². The number of H-pyrrole nitrogens is 1. The molecule has 0 aliphatic carbocycles. The van der Waals surface area contributed by atoms with Gasteiger partial charge in [0.05, 0.1) is 18.5 Å². The summed E-state index contributed by atoms with van der Waals surface area (Å²) in [5.74, 6) is -0.357. The van der Waals surface area contributed by atoms with E-state index in [1.807, 2.05) is 0 Å². The van der Waals surface area contributed by atoms with Crippen molar-refractivity contribution in [3.05, 3.63) is 56.3 Å². The van der Waals surface area contributed by atoms with Gasteiger partial charge < -0.3 is 5.11 Å². The molecule has 0 radical (unpaired) electrons. The molecular formula is C14H11FN2O3S. The normalized spacial score (nSPS) is 11.1. The van der Waals surface area contributed by atoms with Gasteiger partial charge in [-0.2, -0.15) is 0 Å². The molecule has 2 heterocycles. The Bertz CT molecular complexity index is 909. The first kappa shape index (κ1) is 13.7. The fourth-order valence-corrected chi connectivity index (χ4v) is 3.15. The topological polar surface area (TPSA) is 75.1 Å². The summed E-state index contributed by atoms with van der Waals surface area (Å²) >= 11 is 1.24. The number of nitrogens with zero attached hydrogens (tertiary/aromatic N) is 1. The summed E-state index contributed by atoms with van der Waals surface area (Å²) in [7, 11) is 0. The number of thiophene rings is 1. The Kier molecular flexibility index (Phi) is 3.44. The van der Waals surface area contributed by atoms with Crippen molar-refractivity contribution in [1.29, 1.82) is 0 Å². The van der Waals surface area contributed by atoms with Crippen LogP contribution in [0.3, 0.4) is 0 Å². The van der Waals surface area contributed by atoms with Gasteiger partial charge in [0.25, 0.3) is 5.56 Å². The van der Waals surface area contributed by atoms with E-state index in [0.717, 1.165) is 4.57 Å². The van der Waals surface area contributed by atoms with Gasteiger partial charge in [0.2, 0.25) is 0 Å². The Morgan fingerprint density at radius 2 is 1.95 bits per heavy atom. The van der Waals surface area contributed by atoms with Crippen LogP contribution in [0.2, 0.25) is 0 Å². The molecule has 0 unspecified atom stereocenters. The molecule has 0 atom stereocenters. The molecule has 0 amide bonds. The van der Waals surface area contributed by atoms with Crippen molar-refractivity contribution in [3.63, 3.8) is 0 Å². The van der Waals surface area contributed by atoms with Crippen molar-refractivity contribution in [2.75, 3.05) is 6.61 Å². The van der Waals surface area contributed by atoms with Crippen molar-refractivity contribution in [1.82, 2.24) is 9.55 Å². The number of aliphatic hydroxyl groups is 1. The molecule has 0 aliphatic heterocycles. The SMILES string of the molecule is O=c1[nH]c2scc(-c3ccc(F)cc3)c2c(=O)n1CCO. The Morgan fingerprint density at radius 3 is 2.62 bits per heavy atom. The zero-order valence-corrected chi connectivity index (χ0v) is 11.6. The second-order valence-electron chi connectivity index (χ2n) is 4.47. The molecule has 7 heteroatoms. The fourth-order valence-electron chi connectivity index (χ4n) is 2.20. The number of aromatic amines is 1. The summed E-state index contributed by atoms with van der Waals surface area (Å²) in [5, 5.41) is 11.1. The molecular weight excluding hydrogens is 295 g/mol.